The van der Waals surface area contributed by atoms with Crippen LogP contribution in [0.2, 0.25) is 0 Å². The van der Waals surface area contributed by atoms with E-state index in [1.165, 1.54) is 11.1 Å². The van der Waals surface area contributed by atoms with Crippen molar-refractivity contribution in [1.29, 1.82) is 0 Å². The van der Waals surface area contributed by atoms with E-state index in [0.29, 0.717) is 6.42 Å². The average Bonchev–Trinajstić information content (AvgIpc) is 2.97. The third-order valence-electron chi connectivity index (χ3n) is 4.68. The number of nitrogens with one attached hydrogen (secondary N) is 1. The molecule has 0 unspecified atom stereocenters. The fraction of sp³-hybridized carbons (Fsp3) is 0.136. The summed E-state index contributed by atoms with van der Waals surface area (Å²) in [4.78, 5) is 12.6. The van der Waals surface area contributed by atoms with Crippen molar-refractivity contribution in [2.75, 3.05) is 5.32 Å². The number of amides is 1. The van der Waals surface area contributed by atoms with E-state index in [9.17, 15) is 4.79 Å². The lowest BCUT2D eigenvalue weighted by molar-refractivity contribution is -0.115. The average molecular weight is 329 g/mol. The van der Waals surface area contributed by atoms with Crippen LogP contribution in [0.3, 0.4) is 0 Å². The zero-order valence-corrected chi connectivity index (χ0v) is 14.3. The molecule has 0 aliphatic heterocycles. The molecule has 0 fully saturated rings. The minimum Gasteiger partial charge on any atom is -0.464 e. The van der Waals surface area contributed by atoms with Crippen molar-refractivity contribution in [2.45, 2.75) is 20.3 Å². The molecule has 0 radical (unpaired) electrons. The van der Waals surface area contributed by atoms with Crippen molar-refractivity contribution in [2.24, 2.45) is 0 Å². The largest absolute Gasteiger partial charge is 0.464 e. The Morgan fingerprint density at radius 2 is 1.72 bits per heavy atom. The summed E-state index contributed by atoms with van der Waals surface area (Å²) >= 11 is 0. The van der Waals surface area contributed by atoms with Crippen LogP contribution < -0.4 is 5.32 Å². The zero-order valence-electron chi connectivity index (χ0n) is 14.3. The lowest BCUT2D eigenvalue weighted by atomic mass is 10.0. The summed E-state index contributed by atoms with van der Waals surface area (Å²) < 4.78 is 5.63. The second-order valence-electron chi connectivity index (χ2n) is 6.45. The minimum atomic E-state index is -0.0442. The van der Waals surface area contributed by atoms with E-state index in [2.05, 4.69) is 25.2 Å². The van der Waals surface area contributed by atoms with Gasteiger partial charge in [-0.15, -0.1) is 0 Å². The van der Waals surface area contributed by atoms with Crippen LogP contribution in [0.4, 0.5) is 5.69 Å². The van der Waals surface area contributed by atoms with Gasteiger partial charge in [-0.2, -0.15) is 0 Å². The number of hydrogen-bond acceptors (Lipinski definition) is 2. The van der Waals surface area contributed by atoms with Crippen LogP contribution in [0.25, 0.3) is 21.7 Å². The van der Waals surface area contributed by atoms with Crippen molar-refractivity contribution >= 4 is 33.3 Å². The van der Waals surface area contributed by atoms with E-state index >= 15 is 0 Å². The summed E-state index contributed by atoms with van der Waals surface area (Å²) in [6.07, 6.45) is 1.98. The number of furan rings is 1. The molecule has 0 bridgehead atoms. The van der Waals surface area contributed by atoms with Gasteiger partial charge in [0.2, 0.25) is 5.91 Å². The summed E-state index contributed by atoms with van der Waals surface area (Å²) in [6.45, 7) is 4.13. The van der Waals surface area contributed by atoms with Crippen molar-refractivity contribution < 1.29 is 9.21 Å². The maximum absolute atomic E-state index is 12.6. The number of rotatable bonds is 3. The third kappa shape index (κ3) is 2.89. The summed E-state index contributed by atoms with van der Waals surface area (Å²) in [6, 6.07) is 18.1. The second-order valence-corrected chi connectivity index (χ2v) is 6.45. The Kier molecular flexibility index (Phi) is 3.77. The number of benzene rings is 3. The first-order valence-corrected chi connectivity index (χ1v) is 8.37. The van der Waals surface area contributed by atoms with E-state index in [1.807, 2.05) is 48.5 Å². The van der Waals surface area contributed by atoms with Gasteiger partial charge in [0.1, 0.15) is 5.58 Å². The Balaban J connectivity index is 1.61. The third-order valence-corrected chi connectivity index (χ3v) is 4.68. The van der Waals surface area contributed by atoms with E-state index in [1.54, 1.807) is 6.26 Å². The molecule has 0 saturated carbocycles. The Labute approximate surface area is 146 Å². The molecule has 0 saturated heterocycles. The first kappa shape index (κ1) is 15.5. The molecule has 0 spiro atoms. The second kappa shape index (κ2) is 6.10. The number of carbonyl (C=O) groups is 1. The molecule has 0 atom stereocenters. The van der Waals surface area contributed by atoms with Gasteiger partial charge in [-0.3, -0.25) is 4.79 Å². The highest BCUT2D eigenvalue weighted by atomic mass is 16.3. The maximum Gasteiger partial charge on any atom is 0.228 e. The molecular weight excluding hydrogens is 310 g/mol. The molecule has 3 heteroatoms. The van der Waals surface area contributed by atoms with Gasteiger partial charge in [-0.05, 0) is 48.6 Å². The fourth-order valence-corrected chi connectivity index (χ4v) is 3.17. The topological polar surface area (TPSA) is 42.2 Å². The van der Waals surface area contributed by atoms with Crippen molar-refractivity contribution in [3.63, 3.8) is 0 Å². The Morgan fingerprint density at radius 3 is 2.60 bits per heavy atom. The summed E-state index contributed by atoms with van der Waals surface area (Å²) in [5.74, 6) is -0.0442. The standard InChI is InChI=1S/C22H19NO2/c1-14-10-19-17(13-25-21(19)11-15(14)2)12-22(24)23-20-9-5-7-16-6-3-4-8-18(16)20/h3-11,13H,12H2,1-2H3,(H,23,24). The number of aryl methyl sites for hydroxylation is 2. The number of fused-ring (bicyclic) bond motifs is 2. The Morgan fingerprint density at radius 1 is 0.960 bits per heavy atom. The van der Waals surface area contributed by atoms with Crippen LogP contribution in [0.5, 0.6) is 0 Å². The molecule has 25 heavy (non-hydrogen) atoms. The lowest BCUT2D eigenvalue weighted by Gasteiger charge is -2.08. The van der Waals surface area contributed by atoms with E-state index in [0.717, 1.165) is 33.0 Å². The minimum absolute atomic E-state index is 0.0442. The number of anilines is 1. The molecule has 0 aliphatic rings. The first-order valence-electron chi connectivity index (χ1n) is 8.37. The van der Waals surface area contributed by atoms with Crippen LogP contribution in [0.15, 0.2) is 65.3 Å². The molecule has 1 amide bonds. The Hall–Kier alpha value is -3.07. The van der Waals surface area contributed by atoms with Crippen LogP contribution in [-0.2, 0) is 11.2 Å². The molecular formula is C22H19NO2. The monoisotopic (exact) mass is 329 g/mol. The fourth-order valence-electron chi connectivity index (χ4n) is 3.17. The van der Waals surface area contributed by atoms with Gasteiger partial charge in [0, 0.05) is 22.0 Å². The van der Waals surface area contributed by atoms with Crippen LogP contribution in [-0.4, -0.2) is 5.91 Å². The molecule has 124 valence electrons. The summed E-state index contributed by atoms with van der Waals surface area (Å²) in [5.41, 5.74) is 4.97. The predicted octanol–water partition coefficient (Wildman–Crippen LogP) is 5.38. The van der Waals surface area contributed by atoms with Crippen LogP contribution >= 0.6 is 0 Å². The van der Waals surface area contributed by atoms with Crippen LogP contribution in [0, 0.1) is 13.8 Å². The molecule has 4 aromatic rings. The van der Waals surface area contributed by atoms with E-state index < -0.39 is 0 Å². The predicted molar refractivity (Wildman–Crippen MR) is 102 cm³/mol. The van der Waals surface area contributed by atoms with Gasteiger partial charge in [0.15, 0.2) is 0 Å². The smallest absolute Gasteiger partial charge is 0.228 e. The lowest BCUT2D eigenvalue weighted by Crippen LogP contribution is -2.14. The molecule has 4 rings (SSSR count). The summed E-state index contributed by atoms with van der Waals surface area (Å²) in [5, 5.41) is 6.20. The highest BCUT2D eigenvalue weighted by molar-refractivity contribution is 6.03. The van der Waals surface area contributed by atoms with Crippen molar-refractivity contribution in [3.05, 3.63) is 77.6 Å². The van der Waals surface area contributed by atoms with E-state index in [4.69, 9.17) is 4.42 Å². The molecule has 1 heterocycles. The quantitative estimate of drug-likeness (QED) is 0.548. The van der Waals surface area contributed by atoms with Gasteiger partial charge >= 0.3 is 0 Å². The number of carbonyl (C=O) groups excluding carboxylic acids is 1. The zero-order chi connectivity index (χ0) is 17.4. The molecule has 1 aromatic heterocycles. The van der Waals surface area contributed by atoms with Crippen molar-refractivity contribution in [3.8, 4) is 0 Å². The van der Waals surface area contributed by atoms with Gasteiger partial charge in [0.25, 0.3) is 0 Å². The molecule has 1 N–H and O–H groups in total. The van der Waals surface area contributed by atoms with Gasteiger partial charge in [-0.1, -0.05) is 36.4 Å². The molecule has 3 nitrogen and oxygen atoms in total. The normalized spacial score (nSPS) is 11.1. The SMILES string of the molecule is Cc1cc2occ(CC(=O)Nc3cccc4ccccc34)c2cc1C. The van der Waals surface area contributed by atoms with Crippen LogP contribution in [0.1, 0.15) is 16.7 Å². The number of hydrogen-bond donors (Lipinski definition) is 1. The van der Waals surface area contributed by atoms with Gasteiger partial charge in [0.05, 0.1) is 12.7 Å². The molecule has 0 aliphatic carbocycles. The van der Waals surface area contributed by atoms with Gasteiger partial charge < -0.3 is 9.73 Å². The highest BCUT2D eigenvalue weighted by Crippen LogP contribution is 2.26. The maximum atomic E-state index is 12.6. The molecule has 3 aromatic carbocycles. The van der Waals surface area contributed by atoms with Crippen molar-refractivity contribution in [1.82, 2.24) is 0 Å². The van der Waals surface area contributed by atoms with Gasteiger partial charge in [-0.25, -0.2) is 0 Å². The first-order chi connectivity index (χ1) is 12.1. The summed E-state index contributed by atoms with van der Waals surface area (Å²) in [7, 11) is 0. The van der Waals surface area contributed by atoms with E-state index in [-0.39, 0.29) is 5.91 Å². The highest BCUT2D eigenvalue weighted by Gasteiger charge is 2.12. The Bertz CT molecular complexity index is 1090.